The molecule has 3 nitrogen and oxygen atoms in total. The van der Waals surface area contributed by atoms with Crippen molar-refractivity contribution in [3.63, 3.8) is 0 Å². The second-order valence-electron chi connectivity index (χ2n) is 6.23. The Hall–Kier alpha value is -1.77. The topological polar surface area (TPSA) is 38.3 Å². The zero-order chi connectivity index (χ0) is 17.5. The van der Waals surface area contributed by atoms with Gasteiger partial charge in [-0.3, -0.25) is 0 Å². The summed E-state index contributed by atoms with van der Waals surface area (Å²) in [4.78, 5) is 12.0. The van der Waals surface area contributed by atoms with Crippen molar-refractivity contribution >= 4 is 6.09 Å². The van der Waals surface area contributed by atoms with Gasteiger partial charge in [0.15, 0.2) is 0 Å². The van der Waals surface area contributed by atoms with Crippen LogP contribution in [-0.4, -0.2) is 12.1 Å². The number of unbranched alkanes of at least 4 members (excludes halogenated alkanes) is 5. The Labute approximate surface area is 147 Å². The maximum absolute atomic E-state index is 12.0. The maximum atomic E-state index is 12.0. The molecule has 134 valence electrons. The lowest BCUT2D eigenvalue weighted by Crippen LogP contribution is -2.33. The monoisotopic (exact) mass is 331 g/mol. The molecular weight excluding hydrogens is 298 g/mol. The number of carbonyl (C=O) groups is 1. The first kappa shape index (κ1) is 20.3. The average molecular weight is 331 g/mol. The number of amides is 1. The Bertz CT molecular complexity index is 456. The van der Waals surface area contributed by atoms with Gasteiger partial charge in [-0.1, -0.05) is 88.4 Å². The van der Waals surface area contributed by atoms with E-state index in [9.17, 15) is 4.79 Å². The molecule has 24 heavy (non-hydrogen) atoms. The molecule has 0 aromatic heterocycles. The SMILES string of the molecule is CCCCC/C=C/C(CCCCC)NC(=O)OCc1ccccc1. The van der Waals surface area contributed by atoms with Gasteiger partial charge in [-0.2, -0.15) is 0 Å². The van der Waals surface area contributed by atoms with Gasteiger partial charge in [0.2, 0.25) is 0 Å². The lowest BCUT2D eigenvalue weighted by Gasteiger charge is -2.15. The van der Waals surface area contributed by atoms with E-state index in [1.807, 2.05) is 30.3 Å². The number of allylic oxidation sites excluding steroid dienone is 1. The number of carbonyl (C=O) groups excluding carboxylic acids is 1. The van der Waals surface area contributed by atoms with Gasteiger partial charge in [0, 0.05) is 0 Å². The van der Waals surface area contributed by atoms with Gasteiger partial charge in [0.05, 0.1) is 6.04 Å². The van der Waals surface area contributed by atoms with E-state index in [1.165, 1.54) is 32.1 Å². The molecule has 0 aliphatic carbocycles. The Balaban J connectivity index is 2.38. The van der Waals surface area contributed by atoms with Gasteiger partial charge in [0.25, 0.3) is 0 Å². The molecule has 0 bridgehead atoms. The third-order valence-corrected chi connectivity index (χ3v) is 3.98. The average Bonchev–Trinajstić information content (AvgIpc) is 2.60. The number of benzene rings is 1. The first-order valence-corrected chi connectivity index (χ1v) is 9.40. The van der Waals surface area contributed by atoms with Crippen molar-refractivity contribution in [1.82, 2.24) is 5.32 Å². The van der Waals surface area contributed by atoms with Crippen LogP contribution in [0.4, 0.5) is 4.79 Å². The van der Waals surface area contributed by atoms with Crippen LogP contribution < -0.4 is 5.32 Å². The predicted molar refractivity (Wildman–Crippen MR) is 101 cm³/mol. The van der Waals surface area contributed by atoms with Crippen molar-refractivity contribution in [1.29, 1.82) is 0 Å². The first-order chi connectivity index (χ1) is 11.8. The molecule has 1 amide bonds. The highest BCUT2D eigenvalue weighted by molar-refractivity contribution is 5.67. The second kappa shape index (κ2) is 13.6. The first-order valence-electron chi connectivity index (χ1n) is 9.40. The minimum absolute atomic E-state index is 0.0708. The molecule has 1 atom stereocenters. The molecule has 0 fully saturated rings. The van der Waals surface area contributed by atoms with Gasteiger partial charge >= 0.3 is 6.09 Å². The molecule has 1 rings (SSSR count). The number of rotatable bonds is 12. The summed E-state index contributed by atoms with van der Waals surface area (Å²) in [7, 11) is 0. The van der Waals surface area contributed by atoms with E-state index < -0.39 is 0 Å². The Kier molecular flexibility index (Phi) is 11.5. The van der Waals surface area contributed by atoms with E-state index in [2.05, 4.69) is 31.3 Å². The van der Waals surface area contributed by atoms with Crippen molar-refractivity contribution in [3.8, 4) is 0 Å². The zero-order valence-corrected chi connectivity index (χ0v) is 15.3. The summed E-state index contributed by atoms with van der Waals surface area (Å²) in [5, 5.41) is 2.99. The van der Waals surface area contributed by atoms with Crippen LogP contribution in [0.3, 0.4) is 0 Å². The van der Waals surface area contributed by atoms with Crippen molar-refractivity contribution in [2.75, 3.05) is 0 Å². The van der Waals surface area contributed by atoms with E-state index >= 15 is 0 Å². The largest absolute Gasteiger partial charge is 0.445 e. The van der Waals surface area contributed by atoms with Crippen molar-refractivity contribution in [2.24, 2.45) is 0 Å². The minimum Gasteiger partial charge on any atom is -0.445 e. The summed E-state index contributed by atoms with van der Waals surface area (Å²) in [6.45, 7) is 4.72. The van der Waals surface area contributed by atoms with Crippen molar-refractivity contribution in [2.45, 2.75) is 77.9 Å². The Morgan fingerprint density at radius 2 is 1.79 bits per heavy atom. The third-order valence-electron chi connectivity index (χ3n) is 3.98. The fraction of sp³-hybridized carbons (Fsp3) is 0.571. The van der Waals surface area contributed by atoms with E-state index in [0.29, 0.717) is 6.61 Å². The molecule has 1 unspecified atom stereocenters. The minimum atomic E-state index is -0.335. The number of ether oxygens (including phenoxy) is 1. The van der Waals surface area contributed by atoms with Crippen LogP contribution in [-0.2, 0) is 11.3 Å². The molecule has 0 aliphatic rings. The number of hydrogen-bond acceptors (Lipinski definition) is 2. The van der Waals surface area contributed by atoms with Crippen LogP contribution in [0.5, 0.6) is 0 Å². The predicted octanol–water partition coefficient (Wildman–Crippen LogP) is 6.00. The highest BCUT2D eigenvalue weighted by atomic mass is 16.5. The fourth-order valence-electron chi connectivity index (χ4n) is 2.52. The lowest BCUT2D eigenvalue weighted by molar-refractivity contribution is 0.137. The van der Waals surface area contributed by atoms with Crippen molar-refractivity contribution in [3.05, 3.63) is 48.0 Å². The lowest BCUT2D eigenvalue weighted by atomic mass is 10.1. The Morgan fingerprint density at radius 1 is 1.08 bits per heavy atom. The molecule has 0 aliphatic heterocycles. The molecule has 0 heterocycles. The molecule has 0 spiro atoms. The molecule has 0 saturated carbocycles. The molecule has 0 radical (unpaired) electrons. The van der Waals surface area contributed by atoms with Crippen LogP contribution in [0, 0.1) is 0 Å². The van der Waals surface area contributed by atoms with Crippen LogP contribution in [0.1, 0.15) is 70.8 Å². The molecule has 1 aromatic rings. The van der Waals surface area contributed by atoms with Crippen LogP contribution in [0.2, 0.25) is 0 Å². The summed E-state index contributed by atoms with van der Waals surface area (Å²) in [5.74, 6) is 0. The highest BCUT2D eigenvalue weighted by Crippen LogP contribution is 2.08. The van der Waals surface area contributed by atoms with Gasteiger partial charge in [0.1, 0.15) is 6.61 Å². The summed E-state index contributed by atoms with van der Waals surface area (Å²) in [5.41, 5.74) is 1.00. The van der Waals surface area contributed by atoms with Gasteiger partial charge in [-0.05, 0) is 24.8 Å². The summed E-state index contributed by atoms with van der Waals surface area (Å²) in [6, 6.07) is 9.84. The van der Waals surface area contributed by atoms with Crippen molar-refractivity contribution < 1.29 is 9.53 Å². The van der Waals surface area contributed by atoms with Gasteiger partial charge < -0.3 is 10.1 Å². The molecule has 1 N–H and O–H groups in total. The summed E-state index contributed by atoms with van der Waals surface area (Å²) in [6.07, 6.45) is 13.3. The number of alkyl carbamates (subject to hydrolysis) is 1. The molecule has 1 aromatic carbocycles. The smallest absolute Gasteiger partial charge is 0.407 e. The highest BCUT2D eigenvalue weighted by Gasteiger charge is 2.10. The molecular formula is C21H33NO2. The van der Waals surface area contributed by atoms with Crippen LogP contribution in [0.15, 0.2) is 42.5 Å². The molecule has 3 heteroatoms. The van der Waals surface area contributed by atoms with Crippen LogP contribution >= 0.6 is 0 Å². The van der Waals surface area contributed by atoms with Crippen LogP contribution in [0.25, 0.3) is 0 Å². The third kappa shape index (κ3) is 10.1. The van der Waals surface area contributed by atoms with E-state index in [0.717, 1.165) is 24.8 Å². The van der Waals surface area contributed by atoms with E-state index in [1.54, 1.807) is 0 Å². The quantitative estimate of drug-likeness (QED) is 0.377. The Morgan fingerprint density at radius 3 is 2.50 bits per heavy atom. The molecule has 0 saturated heterocycles. The normalized spacial score (nSPS) is 12.2. The zero-order valence-electron chi connectivity index (χ0n) is 15.3. The maximum Gasteiger partial charge on any atom is 0.407 e. The summed E-state index contributed by atoms with van der Waals surface area (Å²) < 4.78 is 5.33. The van der Waals surface area contributed by atoms with E-state index in [4.69, 9.17) is 4.74 Å². The number of hydrogen-bond donors (Lipinski definition) is 1. The fourth-order valence-corrected chi connectivity index (χ4v) is 2.52. The van der Waals surface area contributed by atoms with Gasteiger partial charge in [-0.25, -0.2) is 4.79 Å². The standard InChI is InChI=1S/C21H33NO2/c1-3-5-7-8-13-17-20(16-10-6-4-2)22-21(23)24-18-19-14-11-9-12-15-19/h9,11-15,17,20H,3-8,10,16,18H2,1-2H3,(H,22,23)/b17-13+. The summed E-state index contributed by atoms with van der Waals surface area (Å²) >= 11 is 0. The van der Waals surface area contributed by atoms with E-state index in [-0.39, 0.29) is 12.1 Å². The second-order valence-corrected chi connectivity index (χ2v) is 6.23. The number of nitrogens with one attached hydrogen (secondary N) is 1. The van der Waals surface area contributed by atoms with Gasteiger partial charge in [-0.15, -0.1) is 0 Å².